The molecule has 0 atom stereocenters. The first-order valence-corrected chi connectivity index (χ1v) is 5.47. The molecule has 0 unspecified atom stereocenters. The van der Waals surface area contributed by atoms with Crippen molar-refractivity contribution < 1.29 is 9.47 Å². The smallest absolute Gasteiger partial charge is 0.206 e. The van der Waals surface area contributed by atoms with Crippen molar-refractivity contribution in [3.05, 3.63) is 34.7 Å². The number of nitrogens with zero attached hydrogens (tertiary/aromatic N) is 2. The number of hydrogen-bond acceptors (Lipinski definition) is 3. The molecule has 1 saturated heterocycles. The Morgan fingerprint density at radius 3 is 2.93 bits per heavy atom. The highest BCUT2D eigenvalue weighted by Crippen LogP contribution is 2.31. The predicted molar refractivity (Wildman–Crippen MR) is 57.3 cm³/mol. The number of hydrogen-bond donors (Lipinski definition) is 0. The van der Waals surface area contributed by atoms with Gasteiger partial charge >= 0.3 is 0 Å². The Morgan fingerprint density at radius 2 is 2.20 bits per heavy atom. The van der Waals surface area contributed by atoms with Crippen molar-refractivity contribution >= 4 is 21.6 Å². The van der Waals surface area contributed by atoms with Gasteiger partial charge < -0.3 is 9.47 Å². The number of pyridine rings is 1. The summed E-state index contributed by atoms with van der Waals surface area (Å²) in [6.45, 7) is 1.87. The van der Waals surface area contributed by atoms with Crippen molar-refractivity contribution in [2.24, 2.45) is 0 Å². The van der Waals surface area contributed by atoms with Gasteiger partial charge in [-0.05, 0) is 35.0 Å². The average Bonchev–Trinajstić information content (AvgIpc) is 2.56. The molecule has 0 N–H and O–H groups in total. The summed E-state index contributed by atoms with van der Waals surface area (Å²) >= 11 is 3.42. The Kier molecular flexibility index (Phi) is 2.05. The highest BCUT2D eigenvalue weighted by Gasteiger charge is 2.30. The minimum absolute atomic E-state index is 0.118. The first kappa shape index (κ1) is 9.33. The molecule has 2 aromatic rings. The highest BCUT2D eigenvalue weighted by atomic mass is 79.9. The van der Waals surface area contributed by atoms with Gasteiger partial charge in [-0.3, -0.25) is 4.40 Å². The summed E-state index contributed by atoms with van der Waals surface area (Å²) in [4.78, 5) is 4.27. The fraction of sp³-hybridized carbons (Fsp3) is 0.300. The number of halogens is 1. The molecule has 0 radical (unpaired) electrons. The molecule has 1 aliphatic heterocycles. The molecule has 0 saturated carbocycles. The molecule has 3 heterocycles. The second-order valence-corrected chi connectivity index (χ2v) is 4.35. The summed E-state index contributed by atoms with van der Waals surface area (Å²) in [6.07, 6.45) is 3.32. The van der Waals surface area contributed by atoms with Gasteiger partial charge in [-0.2, -0.15) is 0 Å². The molecule has 0 bridgehead atoms. The van der Waals surface area contributed by atoms with Crippen molar-refractivity contribution in [1.82, 2.24) is 9.38 Å². The van der Waals surface area contributed by atoms with Crippen LogP contribution in [0, 0.1) is 0 Å². The number of fused-ring (bicyclic) bond motifs is 1. The van der Waals surface area contributed by atoms with Crippen LogP contribution in [0.1, 0.15) is 18.9 Å². The molecule has 0 aromatic carbocycles. The second kappa shape index (κ2) is 3.30. The number of imidazole rings is 1. The van der Waals surface area contributed by atoms with Crippen LogP contribution in [0.3, 0.4) is 0 Å². The van der Waals surface area contributed by atoms with E-state index in [9.17, 15) is 0 Å². The van der Waals surface area contributed by atoms with Gasteiger partial charge in [-0.25, -0.2) is 4.98 Å². The number of aromatic nitrogens is 2. The van der Waals surface area contributed by atoms with E-state index in [1.54, 1.807) is 6.20 Å². The molecule has 0 amide bonds. The molecule has 5 heteroatoms. The quantitative estimate of drug-likeness (QED) is 0.797. The van der Waals surface area contributed by atoms with Crippen molar-refractivity contribution in [2.45, 2.75) is 19.5 Å². The third-order valence-corrected chi connectivity index (χ3v) is 2.84. The lowest BCUT2D eigenvalue weighted by Gasteiger charge is -2.33. The fourth-order valence-corrected chi connectivity index (χ4v) is 1.98. The van der Waals surface area contributed by atoms with E-state index in [4.69, 9.17) is 9.47 Å². The van der Waals surface area contributed by atoms with E-state index in [2.05, 4.69) is 20.9 Å². The van der Waals surface area contributed by atoms with Crippen LogP contribution in [0.5, 0.6) is 0 Å². The van der Waals surface area contributed by atoms with E-state index in [1.807, 2.05) is 29.7 Å². The largest absolute Gasteiger partial charge is 0.318 e. The molecule has 15 heavy (non-hydrogen) atoms. The van der Waals surface area contributed by atoms with Crippen LogP contribution in [-0.4, -0.2) is 15.7 Å². The van der Waals surface area contributed by atoms with Crippen LogP contribution < -0.4 is 0 Å². The van der Waals surface area contributed by atoms with Gasteiger partial charge in [-0.15, -0.1) is 0 Å². The topological polar surface area (TPSA) is 35.8 Å². The molecule has 0 spiro atoms. The van der Waals surface area contributed by atoms with Crippen LogP contribution in [0.25, 0.3) is 5.65 Å². The molecule has 1 aliphatic rings. The lowest BCUT2D eigenvalue weighted by Crippen LogP contribution is -2.32. The van der Waals surface area contributed by atoms with Crippen LogP contribution in [0.4, 0.5) is 0 Å². The normalized spacial score (nSPS) is 25.5. The van der Waals surface area contributed by atoms with Gasteiger partial charge in [0.2, 0.25) is 6.29 Å². The zero-order valence-electron chi connectivity index (χ0n) is 8.05. The maximum atomic E-state index is 5.43. The van der Waals surface area contributed by atoms with E-state index >= 15 is 0 Å². The molecule has 0 aliphatic carbocycles. The molecule has 78 valence electrons. The van der Waals surface area contributed by atoms with Gasteiger partial charge in [0.1, 0.15) is 5.65 Å². The Labute approximate surface area is 95.0 Å². The van der Waals surface area contributed by atoms with Crippen LogP contribution >= 0.6 is 15.9 Å². The van der Waals surface area contributed by atoms with E-state index in [0.29, 0.717) is 0 Å². The lowest BCUT2D eigenvalue weighted by molar-refractivity contribution is -0.384. The van der Waals surface area contributed by atoms with E-state index in [-0.39, 0.29) is 12.6 Å². The van der Waals surface area contributed by atoms with Crippen LogP contribution in [0.15, 0.2) is 29.0 Å². The van der Waals surface area contributed by atoms with E-state index in [1.165, 1.54) is 0 Å². The Bertz CT molecular complexity index is 505. The molecule has 4 nitrogen and oxygen atoms in total. The maximum absolute atomic E-state index is 5.43. The van der Waals surface area contributed by atoms with E-state index in [0.717, 1.165) is 15.8 Å². The SMILES string of the molecule is CC1OC(c2cnc3ccc(Br)cn23)O1. The van der Waals surface area contributed by atoms with Gasteiger partial charge in [0, 0.05) is 10.7 Å². The van der Waals surface area contributed by atoms with Gasteiger partial charge in [0.15, 0.2) is 6.29 Å². The Balaban J connectivity index is 2.07. The molecular weight excluding hydrogens is 260 g/mol. The Hall–Kier alpha value is -0.910. The highest BCUT2D eigenvalue weighted by molar-refractivity contribution is 9.10. The maximum Gasteiger partial charge on any atom is 0.206 e. The summed E-state index contributed by atoms with van der Waals surface area (Å²) in [5, 5.41) is 0. The minimum atomic E-state index is -0.288. The lowest BCUT2D eigenvalue weighted by atomic mass is 10.4. The first-order chi connectivity index (χ1) is 7.24. The summed E-state index contributed by atoms with van der Waals surface area (Å²) in [5.41, 5.74) is 1.81. The number of rotatable bonds is 1. The second-order valence-electron chi connectivity index (χ2n) is 3.43. The fourth-order valence-electron chi connectivity index (χ4n) is 1.65. The number of ether oxygens (including phenoxy) is 2. The summed E-state index contributed by atoms with van der Waals surface area (Å²) < 4.78 is 13.8. The van der Waals surface area contributed by atoms with Crippen molar-refractivity contribution in [2.75, 3.05) is 0 Å². The zero-order chi connectivity index (χ0) is 10.4. The first-order valence-electron chi connectivity index (χ1n) is 4.67. The van der Waals surface area contributed by atoms with Gasteiger partial charge in [0.05, 0.1) is 11.9 Å². The average molecular weight is 269 g/mol. The minimum Gasteiger partial charge on any atom is -0.318 e. The third kappa shape index (κ3) is 1.47. The van der Waals surface area contributed by atoms with Crippen molar-refractivity contribution in [1.29, 1.82) is 0 Å². The van der Waals surface area contributed by atoms with Crippen molar-refractivity contribution in [3.8, 4) is 0 Å². The molecular formula is C10H9BrN2O2. The molecule has 2 aromatic heterocycles. The van der Waals surface area contributed by atoms with E-state index < -0.39 is 0 Å². The zero-order valence-corrected chi connectivity index (χ0v) is 9.64. The molecule has 3 rings (SSSR count). The van der Waals surface area contributed by atoms with Crippen LogP contribution in [0.2, 0.25) is 0 Å². The van der Waals surface area contributed by atoms with Crippen LogP contribution in [-0.2, 0) is 9.47 Å². The Morgan fingerprint density at radius 1 is 1.40 bits per heavy atom. The summed E-state index contributed by atoms with van der Waals surface area (Å²) in [7, 11) is 0. The summed E-state index contributed by atoms with van der Waals surface area (Å²) in [6, 6.07) is 3.90. The van der Waals surface area contributed by atoms with Crippen molar-refractivity contribution in [3.63, 3.8) is 0 Å². The predicted octanol–water partition coefficient (Wildman–Crippen LogP) is 2.49. The molecule has 1 fully saturated rings. The monoisotopic (exact) mass is 268 g/mol. The van der Waals surface area contributed by atoms with Gasteiger partial charge in [-0.1, -0.05) is 0 Å². The standard InChI is InChI=1S/C10H9BrN2O2/c1-6-14-10(15-6)8-4-12-9-3-2-7(11)5-13(8)9/h2-6,10H,1H3. The third-order valence-electron chi connectivity index (χ3n) is 2.37. The van der Waals surface area contributed by atoms with Gasteiger partial charge in [0.25, 0.3) is 0 Å². The summed E-state index contributed by atoms with van der Waals surface area (Å²) in [5.74, 6) is 0.